The Hall–Kier alpha value is -3.18. The number of hydrogen-bond acceptors (Lipinski definition) is 6. The average Bonchev–Trinajstić information content (AvgIpc) is 3.13. The Bertz CT molecular complexity index is 1110. The lowest BCUT2D eigenvalue weighted by atomic mass is 10.1. The van der Waals surface area contributed by atoms with Crippen molar-refractivity contribution >= 4 is 28.7 Å². The second-order valence-corrected chi connectivity index (χ2v) is 7.87. The van der Waals surface area contributed by atoms with Crippen molar-refractivity contribution in [3.8, 4) is 17.6 Å². The third-order valence-corrected chi connectivity index (χ3v) is 5.82. The minimum Gasteiger partial charge on any atom is -0.486 e. The van der Waals surface area contributed by atoms with E-state index in [1.807, 2.05) is 54.0 Å². The molecule has 2 heterocycles. The molecule has 0 bridgehead atoms. The van der Waals surface area contributed by atoms with E-state index in [4.69, 9.17) is 14.7 Å². The zero-order valence-electron chi connectivity index (χ0n) is 16.6. The smallest absolute Gasteiger partial charge is 0.230 e. The first-order valence-electron chi connectivity index (χ1n) is 9.79. The van der Waals surface area contributed by atoms with E-state index in [9.17, 15) is 4.79 Å². The number of imidazole rings is 1. The summed E-state index contributed by atoms with van der Waals surface area (Å²) in [5.74, 6) is 1.60. The summed E-state index contributed by atoms with van der Waals surface area (Å²) in [6, 6.07) is 15.5. The van der Waals surface area contributed by atoms with E-state index in [-0.39, 0.29) is 17.7 Å². The predicted octanol–water partition coefficient (Wildman–Crippen LogP) is 3.69. The molecule has 0 aliphatic carbocycles. The van der Waals surface area contributed by atoms with Gasteiger partial charge < -0.3 is 19.4 Å². The van der Waals surface area contributed by atoms with Gasteiger partial charge in [-0.15, -0.1) is 0 Å². The monoisotopic (exact) mass is 422 g/mol. The maximum atomic E-state index is 12.6. The lowest BCUT2D eigenvalue weighted by Gasteiger charge is -2.21. The molecular weight excluding hydrogens is 400 g/mol. The van der Waals surface area contributed by atoms with E-state index in [1.54, 1.807) is 0 Å². The summed E-state index contributed by atoms with van der Waals surface area (Å²) < 4.78 is 13.2. The molecule has 0 saturated carbocycles. The molecule has 1 N–H and O–H groups in total. The van der Waals surface area contributed by atoms with Crippen molar-refractivity contribution in [2.45, 2.75) is 31.1 Å². The SMILES string of the molecule is C[C@@H](NC(=O)CSc1nc2ccccc2n1CCC#N)c1ccc2c(c1)OCCO2. The Morgan fingerprint density at radius 2 is 2.07 bits per heavy atom. The number of aryl methyl sites for hydroxylation is 1. The molecule has 4 rings (SSSR count). The van der Waals surface area contributed by atoms with E-state index >= 15 is 0 Å². The standard InChI is InChI=1S/C22H22N4O3S/c1-15(16-7-8-19-20(13-16)29-12-11-28-19)24-21(27)14-30-22-25-17-5-2-3-6-18(17)26(22)10-4-9-23/h2-3,5-8,13,15H,4,10-12,14H2,1H3,(H,24,27)/t15-/m1/s1. The third-order valence-electron chi connectivity index (χ3n) is 4.84. The number of para-hydroxylation sites is 2. The minimum atomic E-state index is -0.161. The van der Waals surface area contributed by atoms with Gasteiger partial charge in [-0.1, -0.05) is 30.0 Å². The van der Waals surface area contributed by atoms with Crippen LogP contribution in [0.15, 0.2) is 47.6 Å². The lowest BCUT2D eigenvalue weighted by Crippen LogP contribution is -2.28. The Labute approximate surface area is 179 Å². The molecule has 0 radical (unpaired) electrons. The summed E-state index contributed by atoms with van der Waals surface area (Å²) in [6.07, 6.45) is 0.390. The van der Waals surface area contributed by atoms with Crippen molar-refractivity contribution in [3.63, 3.8) is 0 Å². The molecule has 30 heavy (non-hydrogen) atoms. The van der Waals surface area contributed by atoms with Crippen LogP contribution in [0.1, 0.15) is 24.9 Å². The molecule has 0 unspecified atom stereocenters. The highest BCUT2D eigenvalue weighted by Gasteiger charge is 2.17. The van der Waals surface area contributed by atoms with Crippen molar-refractivity contribution in [2.24, 2.45) is 0 Å². The molecule has 1 amide bonds. The van der Waals surface area contributed by atoms with Gasteiger partial charge in [-0.2, -0.15) is 5.26 Å². The molecule has 3 aromatic rings. The quantitative estimate of drug-likeness (QED) is 0.584. The predicted molar refractivity (Wildman–Crippen MR) is 115 cm³/mol. The molecule has 0 spiro atoms. The number of nitriles is 1. The molecule has 1 aliphatic heterocycles. The van der Waals surface area contributed by atoms with Gasteiger partial charge in [-0.3, -0.25) is 4.79 Å². The first kappa shape index (κ1) is 20.1. The maximum Gasteiger partial charge on any atom is 0.230 e. The van der Waals surface area contributed by atoms with Gasteiger partial charge in [0.1, 0.15) is 13.2 Å². The summed E-state index contributed by atoms with van der Waals surface area (Å²) in [7, 11) is 0. The fourth-order valence-electron chi connectivity index (χ4n) is 3.37. The lowest BCUT2D eigenvalue weighted by molar-refractivity contribution is -0.119. The number of aromatic nitrogens is 2. The van der Waals surface area contributed by atoms with Crippen LogP contribution in [0.25, 0.3) is 11.0 Å². The van der Waals surface area contributed by atoms with E-state index in [0.717, 1.165) is 27.5 Å². The van der Waals surface area contributed by atoms with Crippen LogP contribution in [0, 0.1) is 11.3 Å². The highest BCUT2D eigenvalue weighted by molar-refractivity contribution is 7.99. The van der Waals surface area contributed by atoms with Crippen LogP contribution in [0.5, 0.6) is 11.5 Å². The number of rotatable bonds is 7. The largest absolute Gasteiger partial charge is 0.486 e. The second-order valence-electron chi connectivity index (χ2n) is 6.92. The van der Waals surface area contributed by atoms with Crippen molar-refractivity contribution in [1.29, 1.82) is 5.26 Å². The summed E-state index contributed by atoms with van der Waals surface area (Å²) in [6.45, 7) is 3.57. The van der Waals surface area contributed by atoms with Gasteiger partial charge in [0.15, 0.2) is 16.7 Å². The van der Waals surface area contributed by atoms with Gasteiger partial charge >= 0.3 is 0 Å². The number of thioether (sulfide) groups is 1. The number of ether oxygens (including phenoxy) is 2. The van der Waals surface area contributed by atoms with Gasteiger partial charge in [-0.05, 0) is 36.8 Å². The molecule has 8 heteroatoms. The number of benzene rings is 2. The third kappa shape index (κ3) is 4.36. The van der Waals surface area contributed by atoms with Gasteiger partial charge in [0.25, 0.3) is 0 Å². The van der Waals surface area contributed by atoms with Crippen LogP contribution < -0.4 is 14.8 Å². The zero-order valence-corrected chi connectivity index (χ0v) is 17.4. The Morgan fingerprint density at radius 3 is 2.90 bits per heavy atom. The normalized spacial score (nSPS) is 13.6. The van der Waals surface area contributed by atoms with Crippen LogP contribution in [0.4, 0.5) is 0 Å². The number of hydrogen-bond donors (Lipinski definition) is 1. The van der Waals surface area contributed by atoms with E-state index < -0.39 is 0 Å². The van der Waals surface area contributed by atoms with Crippen LogP contribution in [-0.4, -0.2) is 34.4 Å². The maximum absolute atomic E-state index is 12.6. The highest BCUT2D eigenvalue weighted by Crippen LogP contribution is 2.32. The van der Waals surface area contributed by atoms with Crippen molar-refractivity contribution < 1.29 is 14.3 Å². The number of amides is 1. The van der Waals surface area contributed by atoms with Crippen molar-refractivity contribution in [2.75, 3.05) is 19.0 Å². The number of carbonyl (C=O) groups excluding carboxylic acids is 1. The minimum absolute atomic E-state index is 0.0821. The Balaban J connectivity index is 1.41. The molecule has 7 nitrogen and oxygen atoms in total. The van der Waals surface area contributed by atoms with Crippen molar-refractivity contribution in [3.05, 3.63) is 48.0 Å². The van der Waals surface area contributed by atoms with E-state index in [1.165, 1.54) is 11.8 Å². The van der Waals surface area contributed by atoms with E-state index in [2.05, 4.69) is 16.4 Å². The summed E-state index contributed by atoms with van der Waals surface area (Å²) >= 11 is 1.38. The van der Waals surface area contributed by atoms with Crippen LogP contribution in [0.2, 0.25) is 0 Å². The second kappa shape index (κ2) is 9.09. The fourth-order valence-corrected chi connectivity index (χ4v) is 4.22. The Morgan fingerprint density at radius 1 is 1.27 bits per heavy atom. The average molecular weight is 423 g/mol. The number of fused-ring (bicyclic) bond motifs is 2. The van der Waals surface area contributed by atoms with Gasteiger partial charge in [0.2, 0.25) is 5.91 Å². The first-order chi connectivity index (χ1) is 14.7. The molecule has 2 aromatic carbocycles. The number of nitrogens with zero attached hydrogens (tertiary/aromatic N) is 3. The summed E-state index contributed by atoms with van der Waals surface area (Å²) in [5.41, 5.74) is 2.79. The number of carbonyl (C=O) groups is 1. The fraction of sp³-hybridized carbons (Fsp3) is 0.318. The van der Waals surface area contributed by atoms with Gasteiger partial charge in [-0.25, -0.2) is 4.98 Å². The zero-order chi connectivity index (χ0) is 20.9. The summed E-state index contributed by atoms with van der Waals surface area (Å²) in [4.78, 5) is 17.2. The molecule has 0 fully saturated rings. The first-order valence-corrected chi connectivity index (χ1v) is 10.8. The molecule has 1 aromatic heterocycles. The molecule has 0 saturated heterocycles. The molecule has 154 valence electrons. The van der Waals surface area contributed by atoms with Gasteiger partial charge in [0, 0.05) is 6.54 Å². The highest BCUT2D eigenvalue weighted by atomic mass is 32.2. The topological polar surface area (TPSA) is 89.2 Å². The van der Waals surface area contributed by atoms with Crippen LogP contribution >= 0.6 is 11.8 Å². The van der Waals surface area contributed by atoms with Crippen LogP contribution in [0.3, 0.4) is 0 Å². The Kier molecular flexibility index (Phi) is 6.10. The summed E-state index contributed by atoms with van der Waals surface area (Å²) in [5, 5.41) is 12.7. The molecule has 1 atom stereocenters. The van der Waals surface area contributed by atoms with Crippen molar-refractivity contribution in [1.82, 2.24) is 14.9 Å². The molecule has 1 aliphatic rings. The van der Waals surface area contributed by atoms with Gasteiger partial charge in [0.05, 0.1) is 35.3 Å². The van der Waals surface area contributed by atoms with E-state index in [0.29, 0.717) is 31.9 Å². The number of nitrogens with one attached hydrogen (secondary N) is 1. The van der Waals surface area contributed by atoms with Crippen LogP contribution in [-0.2, 0) is 11.3 Å². The molecular formula is C22H22N4O3S.